The number of carbonyl (C=O) groups is 1. The lowest BCUT2D eigenvalue weighted by Gasteiger charge is -2.37. The number of phenols is 1. The van der Waals surface area contributed by atoms with Crippen LogP contribution in [-0.4, -0.2) is 41.6 Å². The molecule has 4 heteroatoms. The third-order valence-corrected chi connectivity index (χ3v) is 4.18. The SMILES string of the molecule is CCCNC1CCN(C(=O)Cc2cccc(O)c2)CC1C. The number of benzene rings is 1. The Morgan fingerprint density at radius 2 is 2.29 bits per heavy atom. The predicted octanol–water partition coefficient (Wildman–Crippen LogP) is 2.17. The molecule has 1 aliphatic rings. The number of amides is 1. The van der Waals surface area contributed by atoms with Gasteiger partial charge in [0.2, 0.25) is 5.91 Å². The molecule has 0 aliphatic carbocycles. The molecule has 116 valence electrons. The van der Waals surface area contributed by atoms with Crippen molar-refractivity contribution in [2.45, 2.75) is 39.2 Å². The minimum absolute atomic E-state index is 0.154. The number of phenolic OH excluding ortho intramolecular Hbond substituents is 1. The average Bonchev–Trinajstić information content (AvgIpc) is 2.46. The monoisotopic (exact) mass is 290 g/mol. The van der Waals surface area contributed by atoms with E-state index in [9.17, 15) is 9.90 Å². The van der Waals surface area contributed by atoms with Crippen molar-refractivity contribution >= 4 is 5.91 Å². The maximum atomic E-state index is 12.4. The van der Waals surface area contributed by atoms with E-state index in [-0.39, 0.29) is 11.7 Å². The summed E-state index contributed by atoms with van der Waals surface area (Å²) in [5.41, 5.74) is 0.874. The molecule has 1 fully saturated rings. The van der Waals surface area contributed by atoms with Crippen molar-refractivity contribution in [1.82, 2.24) is 10.2 Å². The molecule has 0 aromatic heterocycles. The number of likely N-dealkylation sites (tertiary alicyclic amines) is 1. The van der Waals surface area contributed by atoms with Crippen LogP contribution in [0.1, 0.15) is 32.3 Å². The first-order valence-corrected chi connectivity index (χ1v) is 7.89. The van der Waals surface area contributed by atoms with E-state index in [1.54, 1.807) is 18.2 Å². The first-order valence-electron chi connectivity index (χ1n) is 7.89. The van der Waals surface area contributed by atoms with Crippen LogP contribution in [0.2, 0.25) is 0 Å². The van der Waals surface area contributed by atoms with Gasteiger partial charge in [-0.05, 0) is 43.0 Å². The van der Waals surface area contributed by atoms with Gasteiger partial charge < -0.3 is 15.3 Å². The van der Waals surface area contributed by atoms with Gasteiger partial charge in [0.1, 0.15) is 5.75 Å². The van der Waals surface area contributed by atoms with Gasteiger partial charge in [0.05, 0.1) is 6.42 Å². The van der Waals surface area contributed by atoms with Crippen LogP contribution in [-0.2, 0) is 11.2 Å². The number of carbonyl (C=O) groups excluding carboxylic acids is 1. The molecule has 0 spiro atoms. The molecule has 2 unspecified atom stereocenters. The Bertz CT molecular complexity index is 476. The molecule has 0 bridgehead atoms. The maximum absolute atomic E-state index is 12.4. The number of nitrogens with one attached hydrogen (secondary N) is 1. The summed E-state index contributed by atoms with van der Waals surface area (Å²) >= 11 is 0. The second-order valence-electron chi connectivity index (χ2n) is 6.01. The summed E-state index contributed by atoms with van der Waals surface area (Å²) in [6.45, 7) is 7.07. The van der Waals surface area contributed by atoms with Gasteiger partial charge in [0, 0.05) is 19.1 Å². The van der Waals surface area contributed by atoms with Crippen LogP contribution < -0.4 is 5.32 Å². The molecule has 1 aliphatic heterocycles. The number of nitrogens with zero attached hydrogens (tertiary/aromatic N) is 1. The van der Waals surface area contributed by atoms with Crippen LogP contribution in [0.25, 0.3) is 0 Å². The number of rotatable bonds is 5. The normalized spacial score (nSPS) is 22.3. The lowest BCUT2D eigenvalue weighted by molar-refractivity contribution is -0.132. The van der Waals surface area contributed by atoms with E-state index in [1.165, 1.54) is 0 Å². The Labute approximate surface area is 127 Å². The Balaban J connectivity index is 1.87. The fraction of sp³-hybridized carbons (Fsp3) is 0.588. The number of piperidine rings is 1. The van der Waals surface area contributed by atoms with Gasteiger partial charge in [-0.25, -0.2) is 0 Å². The largest absolute Gasteiger partial charge is 0.508 e. The smallest absolute Gasteiger partial charge is 0.227 e. The maximum Gasteiger partial charge on any atom is 0.227 e. The summed E-state index contributed by atoms with van der Waals surface area (Å²) in [6.07, 6.45) is 2.53. The van der Waals surface area contributed by atoms with Gasteiger partial charge >= 0.3 is 0 Å². The molecular formula is C17H26N2O2. The summed E-state index contributed by atoms with van der Waals surface area (Å²) in [4.78, 5) is 14.3. The molecule has 2 atom stereocenters. The van der Waals surface area contributed by atoms with E-state index in [4.69, 9.17) is 0 Å². The van der Waals surface area contributed by atoms with Gasteiger partial charge in [-0.3, -0.25) is 4.79 Å². The highest BCUT2D eigenvalue weighted by Crippen LogP contribution is 2.19. The zero-order valence-corrected chi connectivity index (χ0v) is 13.0. The minimum Gasteiger partial charge on any atom is -0.508 e. The minimum atomic E-state index is 0.154. The van der Waals surface area contributed by atoms with E-state index >= 15 is 0 Å². The molecule has 1 saturated heterocycles. The highest BCUT2D eigenvalue weighted by molar-refractivity contribution is 5.79. The average molecular weight is 290 g/mol. The Morgan fingerprint density at radius 3 is 2.95 bits per heavy atom. The molecule has 1 aromatic rings. The summed E-state index contributed by atoms with van der Waals surface area (Å²) < 4.78 is 0. The van der Waals surface area contributed by atoms with E-state index in [0.717, 1.165) is 38.0 Å². The van der Waals surface area contributed by atoms with E-state index < -0.39 is 0 Å². The molecule has 21 heavy (non-hydrogen) atoms. The van der Waals surface area contributed by atoms with Crippen molar-refractivity contribution in [2.24, 2.45) is 5.92 Å². The quantitative estimate of drug-likeness (QED) is 0.874. The number of hydrogen-bond acceptors (Lipinski definition) is 3. The molecular weight excluding hydrogens is 264 g/mol. The van der Waals surface area contributed by atoms with Crippen molar-refractivity contribution in [2.75, 3.05) is 19.6 Å². The number of aromatic hydroxyl groups is 1. The van der Waals surface area contributed by atoms with Crippen molar-refractivity contribution < 1.29 is 9.90 Å². The van der Waals surface area contributed by atoms with Crippen LogP contribution in [0.3, 0.4) is 0 Å². The van der Waals surface area contributed by atoms with Crippen molar-refractivity contribution in [3.63, 3.8) is 0 Å². The van der Waals surface area contributed by atoms with Crippen LogP contribution in [0.5, 0.6) is 5.75 Å². The van der Waals surface area contributed by atoms with Crippen molar-refractivity contribution in [3.05, 3.63) is 29.8 Å². The zero-order chi connectivity index (χ0) is 15.2. The molecule has 1 heterocycles. The standard InChI is InChI=1S/C17H26N2O2/c1-3-8-18-16-7-9-19(12-13(16)2)17(21)11-14-5-4-6-15(20)10-14/h4-6,10,13,16,18,20H,3,7-9,11-12H2,1-2H3. The van der Waals surface area contributed by atoms with Crippen molar-refractivity contribution in [3.8, 4) is 5.75 Å². The van der Waals surface area contributed by atoms with Gasteiger partial charge in [0.15, 0.2) is 0 Å². The summed E-state index contributed by atoms with van der Waals surface area (Å²) in [5.74, 6) is 0.857. The Morgan fingerprint density at radius 1 is 1.48 bits per heavy atom. The molecule has 1 amide bonds. The molecule has 1 aromatic carbocycles. The summed E-state index contributed by atoms with van der Waals surface area (Å²) in [7, 11) is 0. The Kier molecular flexibility index (Phi) is 5.62. The van der Waals surface area contributed by atoms with Gasteiger partial charge in [-0.2, -0.15) is 0 Å². The van der Waals surface area contributed by atoms with Crippen LogP contribution in [0, 0.1) is 5.92 Å². The van der Waals surface area contributed by atoms with E-state index in [0.29, 0.717) is 18.4 Å². The lowest BCUT2D eigenvalue weighted by Crippen LogP contribution is -2.50. The van der Waals surface area contributed by atoms with Crippen LogP contribution in [0.15, 0.2) is 24.3 Å². The number of hydrogen-bond donors (Lipinski definition) is 2. The highest BCUT2D eigenvalue weighted by Gasteiger charge is 2.27. The van der Waals surface area contributed by atoms with E-state index in [1.807, 2.05) is 11.0 Å². The summed E-state index contributed by atoms with van der Waals surface area (Å²) in [6, 6.07) is 7.48. The molecule has 0 radical (unpaired) electrons. The second-order valence-corrected chi connectivity index (χ2v) is 6.01. The van der Waals surface area contributed by atoms with Crippen molar-refractivity contribution in [1.29, 1.82) is 0 Å². The molecule has 2 N–H and O–H groups in total. The van der Waals surface area contributed by atoms with Gasteiger partial charge in [-0.1, -0.05) is 26.0 Å². The van der Waals surface area contributed by atoms with Crippen LogP contribution >= 0.6 is 0 Å². The topological polar surface area (TPSA) is 52.6 Å². The van der Waals surface area contributed by atoms with Gasteiger partial charge in [-0.15, -0.1) is 0 Å². The van der Waals surface area contributed by atoms with E-state index in [2.05, 4.69) is 19.2 Å². The predicted molar refractivity (Wildman–Crippen MR) is 84.3 cm³/mol. The third-order valence-electron chi connectivity index (χ3n) is 4.18. The molecule has 2 rings (SSSR count). The fourth-order valence-corrected chi connectivity index (χ4v) is 2.96. The zero-order valence-electron chi connectivity index (χ0n) is 13.0. The van der Waals surface area contributed by atoms with Gasteiger partial charge in [0.25, 0.3) is 0 Å². The molecule has 0 saturated carbocycles. The first-order chi connectivity index (χ1) is 10.1. The second kappa shape index (κ2) is 7.46. The third kappa shape index (κ3) is 4.46. The highest BCUT2D eigenvalue weighted by atomic mass is 16.3. The fourth-order valence-electron chi connectivity index (χ4n) is 2.96. The summed E-state index contributed by atoms with van der Waals surface area (Å²) in [5, 5.41) is 13.0. The Hall–Kier alpha value is -1.55. The molecule has 4 nitrogen and oxygen atoms in total. The van der Waals surface area contributed by atoms with Crippen LogP contribution in [0.4, 0.5) is 0 Å². The first kappa shape index (κ1) is 15.8. The lowest BCUT2D eigenvalue weighted by atomic mass is 9.93.